The minimum Gasteiger partial charge on any atom is -0.436 e. The first-order valence-corrected chi connectivity index (χ1v) is 6.88. The molecule has 20 heavy (non-hydrogen) atoms. The van der Waals surface area contributed by atoms with Crippen LogP contribution in [0.3, 0.4) is 0 Å². The summed E-state index contributed by atoms with van der Waals surface area (Å²) in [6, 6.07) is 9.30. The fourth-order valence-corrected chi connectivity index (χ4v) is 2.26. The summed E-state index contributed by atoms with van der Waals surface area (Å²) >= 11 is 3.48. The average molecular weight is 330 g/mol. The van der Waals surface area contributed by atoms with E-state index in [4.69, 9.17) is 10.5 Å². The average Bonchev–Trinajstić information content (AvgIpc) is 2.47. The first-order valence-electron chi connectivity index (χ1n) is 6.09. The third kappa shape index (κ3) is 2.20. The van der Waals surface area contributed by atoms with Crippen LogP contribution in [0.15, 0.2) is 47.2 Å². The minimum atomic E-state index is 0.515. The summed E-state index contributed by atoms with van der Waals surface area (Å²) in [5.41, 5.74) is 8.41. The smallest absolute Gasteiger partial charge is 0.233 e. The van der Waals surface area contributed by atoms with Crippen LogP contribution in [0.4, 0.5) is 5.69 Å². The Morgan fingerprint density at radius 2 is 1.95 bits per heavy atom. The van der Waals surface area contributed by atoms with Crippen molar-refractivity contribution in [1.82, 2.24) is 9.97 Å². The third-order valence-corrected chi connectivity index (χ3v) is 3.99. The monoisotopic (exact) mass is 329 g/mol. The maximum absolute atomic E-state index is 5.95. The zero-order chi connectivity index (χ0) is 14.1. The number of anilines is 1. The Bertz CT molecular complexity index is 789. The number of halogens is 1. The summed E-state index contributed by atoms with van der Waals surface area (Å²) in [6.07, 6.45) is 3.43. The van der Waals surface area contributed by atoms with Crippen LogP contribution in [-0.2, 0) is 0 Å². The lowest BCUT2D eigenvalue weighted by Crippen LogP contribution is -1.95. The van der Waals surface area contributed by atoms with E-state index < -0.39 is 0 Å². The molecule has 0 saturated carbocycles. The first-order chi connectivity index (χ1) is 9.66. The van der Waals surface area contributed by atoms with Gasteiger partial charge in [-0.05, 0) is 58.7 Å². The molecular formula is C15H12BrN3O. The van der Waals surface area contributed by atoms with Crippen molar-refractivity contribution in [3.8, 4) is 11.6 Å². The van der Waals surface area contributed by atoms with Crippen LogP contribution < -0.4 is 10.5 Å². The molecule has 2 aromatic heterocycles. The highest BCUT2D eigenvalue weighted by Gasteiger charge is 2.11. The fourth-order valence-electron chi connectivity index (χ4n) is 1.94. The van der Waals surface area contributed by atoms with Crippen molar-refractivity contribution < 1.29 is 4.74 Å². The van der Waals surface area contributed by atoms with Crippen molar-refractivity contribution in [2.75, 3.05) is 5.73 Å². The van der Waals surface area contributed by atoms with Gasteiger partial charge in [-0.1, -0.05) is 0 Å². The van der Waals surface area contributed by atoms with Gasteiger partial charge in [-0.2, -0.15) is 0 Å². The fraction of sp³-hybridized carbons (Fsp3) is 0.0667. The number of rotatable bonds is 2. The van der Waals surface area contributed by atoms with Crippen molar-refractivity contribution in [2.45, 2.75) is 6.92 Å². The number of nitrogens with two attached hydrogens (primary N) is 1. The molecule has 0 spiro atoms. The number of benzene rings is 1. The molecule has 0 amide bonds. The number of aromatic nitrogens is 2. The molecule has 3 aromatic rings. The second-order valence-corrected chi connectivity index (χ2v) is 5.19. The number of ether oxygens (including phenoxy) is 1. The maximum Gasteiger partial charge on any atom is 0.233 e. The van der Waals surface area contributed by atoms with Gasteiger partial charge < -0.3 is 10.5 Å². The summed E-state index contributed by atoms with van der Waals surface area (Å²) in [5, 5.41) is 0.869. The molecular weight excluding hydrogens is 318 g/mol. The van der Waals surface area contributed by atoms with Gasteiger partial charge in [0.25, 0.3) is 0 Å². The summed E-state index contributed by atoms with van der Waals surface area (Å²) in [5.74, 6) is 1.15. The molecule has 0 saturated heterocycles. The van der Waals surface area contributed by atoms with Gasteiger partial charge in [0, 0.05) is 23.5 Å². The van der Waals surface area contributed by atoms with E-state index >= 15 is 0 Å². The topological polar surface area (TPSA) is 61.0 Å². The molecule has 1 aromatic carbocycles. The standard InChI is InChI=1S/C15H12BrN3O/c1-9-6-8-19-15(13(9)16)20-12-5-4-11(17)10-3-2-7-18-14(10)12/h2-8H,17H2,1H3. The molecule has 2 heterocycles. The van der Waals surface area contributed by atoms with Crippen molar-refractivity contribution in [3.05, 3.63) is 52.8 Å². The first kappa shape index (κ1) is 12.9. The number of aryl methyl sites for hydroxylation is 1. The molecule has 4 nitrogen and oxygen atoms in total. The lowest BCUT2D eigenvalue weighted by molar-refractivity contribution is 0.463. The van der Waals surface area contributed by atoms with E-state index in [9.17, 15) is 0 Å². The molecule has 2 N–H and O–H groups in total. The van der Waals surface area contributed by atoms with Crippen LogP contribution in [0.5, 0.6) is 11.6 Å². The predicted molar refractivity (Wildman–Crippen MR) is 82.9 cm³/mol. The predicted octanol–water partition coefficient (Wildman–Crippen LogP) is 4.08. The van der Waals surface area contributed by atoms with Crippen molar-refractivity contribution >= 4 is 32.5 Å². The molecule has 0 aliphatic rings. The Kier molecular flexibility index (Phi) is 3.28. The minimum absolute atomic E-state index is 0.515. The van der Waals surface area contributed by atoms with E-state index in [1.54, 1.807) is 18.5 Å². The van der Waals surface area contributed by atoms with Crippen LogP contribution in [0.25, 0.3) is 10.9 Å². The summed E-state index contributed by atoms with van der Waals surface area (Å²) in [6.45, 7) is 1.98. The van der Waals surface area contributed by atoms with E-state index in [0.29, 0.717) is 17.3 Å². The number of pyridine rings is 2. The normalized spacial score (nSPS) is 10.7. The van der Waals surface area contributed by atoms with E-state index in [1.165, 1.54) is 0 Å². The van der Waals surface area contributed by atoms with Gasteiger partial charge in [-0.25, -0.2) is 4.98 Å². The van der Waals surface area contributed by atoms with E-state index in [0.717, 1.165) is 20.9 Å². The number of hydrogen-bond donors (Lipinski definition) is 1. The highest BCUT2D eigenvalue weighted by molar-refractivity contribution is 9.10. The Morgan fingerprint density at radius 3 is 2.80 bits per heavy atom. The van der Waals surface area contributed by atoms with Gasteiger partial charge in [0.2, 0.25) is 5.88 Å². The Balaban J connectivity index is 2.12. The summed E-state index contributed by atoms with van der Waals surface area (Å²) in [7, 11) is 0. The van der Waals surface area contributed by atoms with Crippen LogP contribution in [0.2, 0.25) is 0 Å². The number of hydrogen-bond acceptors (Lipinski definition) is 4. The van der Waals surface area contributed by atoms with Gasteiger partial charge in [0.05, 0.1) is 4.47 Å². The zero-order valence-electron chi connectivity index (χ0n) is 10.8. The molecule has 0 aliphatic carbocycles. The lowest BCUT2D eigenvalue weighted by Gasteiger charge is -2.10. The van der Waals surface area contributed by atoms with Crippen LogP contribution in [0, 0.1) is 6.92 Å². The Labute approximate surface area is 124 Å². The highest BCUT2D eigenvalue weighted by atomic mass is 79.9. The van der Waals surface area contributed by atoms with Gasteiger partial charge in [-0.15, -0.1) is 0 Å². The van der Waals surface area contributed by atoms with E-state index in [-0.39, 0.29) is 0 Å². The molecule has 100 valence electrons. The van der Waals surface area contributed by atoms with Crippen molar-refractivity contribution in [2.24, 2.45) is 0 Å². The second-order valence-electron chi connectivity index (χ2n) is 4.40. The van der Waals surface area contributed by atoms with E-state index in [1.807, 2.05) is 31.2 Å². The molecule has 0 unspecified atom stereocenters. The van der Waals surface area contributed by atoms with Crippen molar-refractivity contribution in [3.63, 3.8) is 0 Å². The summed E-state index contributed by atoms with van der Waals surface area (Å²) in [4.78, 5) is 8.58. The van der Waals surface area contributed by atoms with Gasteiger partial charge in [-0.3, -0.25) is 4.98 Å². The highest BCUT2D eigenvalue weighted by Crippen LogP contribution is 2.34. The molecule has 0 aliphatic heterocycles. The lowest BCUT2D eigenvalue weighted by atomic mass is 10.1. The van der Waals surface area contributed by atoms with Gasteiger partial charge in [0.15, 0.2) is 5.75 Å². The molecule has 5 heteroatoms. The van der Waals surface area contributed by atoms with E-state index in [2.05, 4.69) is 25.9 Å². The maximum atomic E-state index is 5.95. The number of nitrogens with zero attached hydrogens (tertiary/aromatic N) is 2. The zero-order valence-corrected chi connectivity index (χ0v) is 12.4. The van der Waals surface area contributed by atoms with Gasteiger partial charge in [0.1, 0.15) is 5.52 Å². The van der Waals surface area contributed by atoms with Gasteiger partial charge >= 0.3 is 0 Å². The Morgan fingerprint density at radius 1 is 1.10 bits per heavy atom. The molecule has 0 radical (unpaired) electrons. The molecule has 0 atom stereocenters. The SMILES string of the molecule is Cc1ccnc(Oc2ccc(N)c3cccnc23)c1Br. The number of fused-ring (bicyclic) bond motifs is 1. The Hall–Kier alpha value is -2.14. The van der Waals surface area contributed by atoms with Crippen LogP contribution in [0.1, 0.15) is 5.56 Å². The molecule has 0 bridgehead atoms. The van der Waals surface area contributed by atoms with Crippen molar-refractivity contribution in [1.29, 1.82) is 0 Å². The van der Waals surface area contributed by atoms with Crippen LogP contribution in [-0.4, -0.2) is 9.97 Å². The number of nitrogen functional groups attached to an aromatic ring is 1. The third-order valence-electron chi connectivity index (χ3n) is 3.02. The molecule has 3 rings (SSSR count). The van der Waals surface area contributed by atoms with Crippen LogP contribution >= 0.6 is 15.9 Å². The second kappa shape index (κ2) is 5.09. The molecule has 0 fully saturated rings. The largest absolute Gasteiger partial charge is 0.436 e. The summed E-state index contributed by atoms with van der Waals surface area (Å²) < 4.78 is 6.72. The quantitative estimate of drug-likeness (QED) is 0.720.